The summed E-state index contributed by atoms with van der Waals surface area (Å²) in [5, 5.41) is 17.0. The molecule has 2 aromatic heterocycles. The zero-order valence-corrected chi connectivity index (χ0v) is 21.6. The number of rotatable bonds is 9. The molecule has 2 aliphatic rings. The fraction of sp³-hybridized carbons (Fsp3) is 0.407. The second kappa shape index (κ2) is 10.9. The lowest BCUT2D eigenvalue weighted by Crippen LogP contribution is -2.37. The van der Waals surface area contributed by atoms with Crippen molar-refractivity contribution in [1.29, 1.82) is 0 Å². The molecule has 1 saturated carbocycles. The number of likely N-dealkylation sites (tertiary alicyclic amines) is 1. The van der Waals surface area contributed by atoms with Crippen molar-refractivity contribution >= 4 is 28.7 Å². The number of imidazole rings is 1. The molecule has 4 N–H and O–H groups in total. The Bertz CT molecular complexity index is 1500. The van der Waals surface area contributed by atoms with Crippen molar-refractivity contribution in [2.75, 3.05) is 38.7 Å². The van der Waals surface area contributed by atoms with E-state index in [1.165, 1.54) is 12.1 Å². The Morgan fingerprint density at radius 2 is 2.13 bits per heavy atom. The number of carbonyl (C=O) groups excluding carboxylic acids is 2. The van der Waals surface area contributed by atoms with Gasteiger partial charge in [0.25, 0.3) is 5.91 Å². The molecule has 1 unspecified atom stereocenters. The Morgan fingerprint density at radius 1 is 1.33 bits per heavy atom. The van der Waals surface area contributed by atoms with Gasteiger partial charge in [-0.1, -0.05) is 12.5 Å². The van der Waals surface area contributed by atoms with Crippen molar-refractivity contribution in [3.63, 3.8) is 0 Å². The quantitative estimate of drug-likeness (QED) is 0.279. The first-order valence-corrected chi connectivity index (χ1v) is 12.7. The predicted molar refractivity (Wildman–Crippen MR) is 141 cm³/mol. The van der Waals surface area contributed by atoms with Gasteiger partial charge in [-0.2, -0.15) is 5.10 Å². The van der Waals surface area contributed by atoms with E-state index < -0.39 is 11.7 Å². The topological polar surface area (TPSA) is 141 Å². The molecule has 11 nitrogen and oxygen atoms in total. The zero-order valence-electron chi connectivity index (χ0n) is 21.6. The number of nitrogens with zero attached hydrogens (tertiary/aromatic N) is 5. The lowest BCUT2D eigenvalue weighted by atomic mass is 10.1. The third-order valence-electron chi connectivity index (χ3n) is 7.04. The van der Waals surface area contributed by atoms with Crippen LogP contribution in [0.25, 0.3) is 11.0 Å². The molecule has 2 atom stereocenters. The molecular formula is C27H30FN7O4. The average Bonchev–Trinajstić information content (AvgIpc) is 3.38. The van der Waals surface area contributed by atoms with Crippen LogP contribution in [0, 0.1) is 17.7 Å². The highest BCUT2D eigenvalue weighted by Gasteiger charge is 2.38. The number of hydrogen-bond acceptors (Lipinski definition) is 7. The number of aliphatic hydroxyl groups excluding tert-OH is 1. The summed E-state index contributed by atoms with van der Waals surface area (Å²) in [7, 11) is 1.55. The second-order valence-corrected chi connectivity index (χ2v) is 9.68. The Kier molecular flexibility index (Phi) is 7.36. The fourth-order valence-electron chi connectivity index (χ4n) is 5.08. The smallest absolute Gasteiger partial charge is 0.255 e. The number of ether oxygens (including phenoxy) is 1. The third kappa shape index (κ3) is 5.10. The zero-order chi connectivity index (χ0) is 27.7. The molecule has 1 aliphatic heterocycles. The average molecular weight is 536 g/mol. The minimum absolute atomic E-state index is 0.0206. The highest BCUT2D eigenvalue weighted by atomic mass is 19.1. The van der Waals surface area contributed by atoms with Crippen LogP contribution < -0.4 is 11.1 Å². The molecule has 3 aromatic rings. The monoisotopic (exact) mass is 535 g/mol. The van der Waals surface area contributed by atoms with Gasteiger partial charge in [-0.3, -0.25) is 9.59 Å². The normalized spacial score (nSPS) is 18.7. The van der Waals surface area contributed by atoms with Crippen molar-refractivity contribution < 1.29 is 23.8 Å². The number of nitrogens with one attached hydrogen (secondary N) is 1. The van der Waals surface area contributed by atoms with E-state index in [1.54, 1.807) is 29.1 Å². The van der Waals surface area contributed by atoms with Crippen LogP contribution in [0.4, 0.5) is 10.2 Å². The van der Waals surface area contributed by atoms with Crippen molar-refractivity contribution in [3.05, 3.63) is 53.8 Å². The Labute approximate surface area is 224 Å². The SMILES string of the molecule is C=CC(=O)N1CC(n2nc(C#Cc3cc4ncn(C5CC5)c4cc3F)c(C(N)=O)c2NCCO)C[C@@H]1COC. The first-order chi connectivity index (χ1) is 18.9. The lowest BCUT2D eigenvalue weighted by molar-refractivity contribution is -0.127. The number of aliphatic hydroxyl groups is 1. The molecular weight excluding hydrogens is 505 g/mol. The van der Waals surface area contributed by atoms with Gasteiger partial charge in [0.05, 0.1) is 48.2 Å². The molecule has 1 aromatic carbocycles. The highest BCUT2D eigenvalue weighted by molar-refractivity contribution is 6.00. The minimum Gasteiger partial charge on any atom is -0.395 e. The van der Waals surface area contributed by atoms with Gasteiger partial charge >= 0.3 is 0 Å². The first kappa shape index (κ1) is 26.4. The molecule has 0 bridgehead atoms. The fourth-order valence-corrected chi connectivity index (χ4v) is 5.08. The van der Waals surface area contributed by atoms with Gasteiger partial charge in [-0.15, -0.1) is 0 Å². The summed E-state index contributed by atoms with van der Waals surface area (Å²) in [6, 6.07) is 2.78. The predicted octanol–water partition coefficient (Wildman–Crippen LogP) is 1.58. The number of hydrogen-bond donors (Lipinski definition) is 3. The van der Waals surface area contributed by atoms with E-state index >= 15 is 4.39 Å². The van der Waals surface area contributed by atoms with Crippen LogP contribution in [0.1, 0.15) is 53.0 Å². The summed E-state index contributed by atoms with van der Waals surface area (Å²) >= 11 is 0. The number of amides is 2. The minimum atomic E-state index is -0.782. The number of primary amides is 1. The lowest BCUT2D eigenvalue weighted by Gasteiger charge is -2.22. The maximum Gasteiger partial charge on any atom is 0.255 e. The number of aromatic nitrogens is 4. The number of benzene rings is 1. The largest absolute Gasteiger partial charge is 0.395 e. The van der Waals surface area contributed by atoms with Crippen LogP contribution in [0.2, 0.25) is 0 Å². The van der Waals surface area contributed by atoms with Gasteiger partial charge in [-0.25, -0.2) is 14.1 Å². The molecule has 12 heteroatoms. The molecule has 1 aliphatic carbocycles. The van der Waals surface area contributed by atoms with Gasteiger partial charge in [0.2, 0.25) is 5.91 Å². The molecule has 5 rings (SSSR count). The van der Waals surface area contributed by atoms with E-state index in [1.807, 2.05) is 4.57 Å². The Hall–Kier alpha value is -4.21. The number of halogens is 1. The highest BCUT2D eigenvalue weighted by Crippen LogP contribution is 2.37. The van der Waals surface area contributed by atoms with E-state index in [0.29, 0.717) is 30.1 Å². The van der Waals surface area contributed by atoms with Crippen molar-refractivity contribution in [1.82, 2.24) is 24.2 Å². The molecule has 39 heavy (non-hydrogen) atoms. The van der Waals surface area contributed by atoms with E-state index in [-0.39, 0.29) is 60.3 Å². The first-order valence-electron chi connectivity index (χ1n) is 12.7. The van der Waals surface area contributed by atoms with E-state index in [4.69, 9.17) is 10.5 Å². The van der Waals surface area contributed by atoms with Crippen LogP contribution >= 0.6 is 0 Å². The van der Waals surface area contributed by atoms with Crippen LogP contribution in [0.5, 0.6) is 0 Å². The van der Waals surface area contributed by atoms with Gasteiger partial charge in [-0.05, 0) is 37.3 Å². The molecule has 0 radical (unpaired) electrons. The van der Waals surface area contributed by atoms with Crippen LogP contribution in [0.15, 0.2) is 31.1 Å². The number of carbonyl (C=O) groups is 2. The van der Waals surface area contributed by atoms with Crippen molar-refractivity contribution in [3.8, 4) is 11.8 Å². The standard InChI is InChI=1S/C27H30FN7O4/c1-3-24(37)33-13-18(11-19(33)14-39-2)35-27(30-8-9-36)25(26(29)38)21(32-35)7-4-16-10-22-23(12-20(16)28)34(15-31-22)17-5-6-17/h3,10,12,15,17-19,30,36H,1,5-6,8-9,11,13-14H2,2H3,(H2,29,38)/t18?,19-/m1/s1. The number of fused-ring (bicyclic) bond motifs is 1. The van der Waals surface area contributed by atoms with Crippen LogP contribution in [0.3, 0.4) is 0 Å². The summed E-state index contributed by atoms with van der Waals surface area (Å²) in [5.74, 6) is 4.34. The summed E-state index contributed by atoms with van der Waals surface area (Å²) in [4.78, 5) is 31.1. The van der Waals surface area contributed by atoms with Crippen molar-refractivity contribution in [2.24, 2.45) is 5.73 Å². The maximum absolute atomic E-state index is 15.0. The van der Waals surface area contributed by atoms with Gasteiger partial charge in [0.1, 0.15) is 17.2 Å². The molecule has 2 amide bonds. The van der Waals surface area contributed by atoms with Gasteiger partial charge in [0.15, 0.2) is 5.69 Å². The molecule has 204 valence electrons. The Balaban J connectivity index is 1.54. The number of nitrogens with two attached hydrogens (primary N) is 1. The molecule has 0 spiro atoms. The summed E-state index contributed by atoms with van der Waals surface area (Å²) < 4.78 is 23.9. The molecule has 1 saturated heterocycles. The van der Waals surface area contributed by atoms with Gasteiger partial charge < -0.3 is 30.4 Å². The third-order valence-corrected chi connectivity index (χ3v) is 7.04. The number of methoxy groups -OCH3 is 1. The van der Waals surface area contributed by atoms with E-state index in [2.05, 4.69) is 33.8 Å². The van der Waals surface area contributed by atoms with E-state index in [9.17, 15) is 14.7 Å². The summed E-state index contributed by atoms with van der Waals surface area (Å²) in [6.45, 7) is 4.09. The Morgan fingerprint density at radius 3 is 2.79 bits per heavy atom. The van der Waals surface area contributed by atoms with Crippen LogP contribution in [-0.4, -0.2) is 80.6 Å². The van der Waals surface area contributed by atoms with Crippen molar-refractivity contribution in [2.45, 2.75) is 37.4 Å². The maximum atomic E-state index is 15.0. The number of anilines is 1. The molecule has 2 fully saturated rings. The molecule has 3 heterocycles. The van der Waals surface area contributed by atoms with E-state index in [0.717, 1.165) is 12.8 Å². The van der Waals surface area contributed by atoms with Crippen LogP contribution in [-0.2, 0) is 9.53 Å². The second-order valence-electron chi connectivity index (χ2n) is 9.68. The summed E-state index contributed by atoms with van der Waals surface area (Å²) in [5.41, 5.74) is 7.26. The summed E-state index contributed by atoms with van der Waals surface area (Å²) in [6.07, 6.45) is 5.54. The van der Waals surface area contributed by atoms with Gasteiger partial charge in [0, 0.05) is 32.3 Å².